The van der Waals surface area contributed by atoms with Gasteiger partial charge in [-0.25, -0.2) is 8.42 Å². The zero-order chi connectivity index (χ0) is 19.6. The lowest BCUT2D eigenvalue weighted by Crippen LogP contribution is -2.48. The van der Waals surface area contributed by atoms with Gasteiger partial charge in [-0.1, -0.05) is 23.7 Å². The molecule has 0 unspecified atom stereocenters. The SMILES string of the molecule is N#Cc1ccccc1S(=O)(=O)N1CCN(c2ccc([N+](=O)[O-])cc2Cl)CC1. The molecule has 2 aromatic carbocycles. The molecular formula is C17H15ClN4O4S. The Bertz CT molecular complexity index is 1030. The first-order valence-electron chi connectivity index (χ1n) is 8.03. The Hall–Kier alpha value is -2.67. The predicted molar refractivity (Wildman–Crippen MR) is 100 cm³/mol. The summed E-state index contributed by atoms with van der Waals surface area (Å²) >= 11 is 6.15. The van der Waals surface area contributed by atoms with Crippen LogP contribution in [0, 0.1) is 21.4 Å². The van der Waals surface area contributed by atoms with Gasteiger partial charge in [-0.2, -0.15) is 9.57 Å². The van der Waals surface area contributed by atoms with E-state index in [1.807, 2.05) is 11.0 Å². The van der Waals surface area contributed by atoms with Crippen molar-refractivity contribution in [2.45, 2.75) is 4.90 Å². The second-order valence-corrected chi connectivity index (χ2v) is 8.21. The minimum absolute atomic E-state index is 0.00526. The van der Waals surface area contributed by atoms with Crippen LogP contribution < -0.4 is 4.90 Å². The van der Waals surface area contributed by atoms with Gasteiger partial charge >= 0.3 is 0 Å². The van der Waals surface area contributed by atoms with E-state index in [-0.39, 0.29) is 34.3 Å². The Balaban J connectivity index is 1.78. The van der Waals surface area contributed by atoms with Crippen LogP contribution in [0.4, 0.5) is 11.4 Å². The Labute approximate surface area is 161 Å². The molecule has 0 aromatic heterocycles. The molecule has 0 spiro atoms. The first kappa shape index (κ1) is 19.1. The van der Waals surface area contributed by atoms with Gasteiger partial charge in [-0.15, -0.1) is 0 Å². The second kappa shape index (κ2) is 7.52. The van der Waals surface area contributed by atoms with Crippen molar-refractivity contribution in [3.05, 3.63) is 63.2 Å². The molecule has 27 heavy (non-hydrogen) atoms. The third-order valence-corrected chi connectivity index (χ3v) is 6.61. The van der Waals surface area contributed by atoms with Crippen molar-refractivity contribution in [2.75, 3.05) is 31.1 Å². The van der Waals surface area contributed by atoms with Gasteiger partial charge in [-0.3, -0.25) is 10.1 Å². The summed E-state index contributed by atoms with van der Waals surface area (Å²) in [7, 11) is -3.78. The van der Waals surface area contributed by atoms with Crippen LogP contribution in [0.1, 0.15) is 5.56 Å². The molecule has 0 aliphatic carbocycles. The fourth-order valence-electron chi connectivity index (χ4n) is 2.96. The first-order valence-corrected chi connectivity index (χ1v) is 9.84. The molecule has 8 nitrogen and oxygen atoms in total. The minimum Gasteiger partial charge on any atom is -0.368 e. The van der Waals surface area contributed by atoms with Crippen molar-refractivity contribution >= 4 is 33.0 Å². The number of halogens is 1. The molecule has 0 bridgehead atoms. The Morgan fingerprint density at radius 3 is 2.37 bits per heavy atom. The standard InChI is InChI=1S/C17H15ClN4O4S/c18-15-11-14(22(23)24)5-6-16(15)20-7-9-21(10-8-20)27(25,26)17-4-2-1-3-13(17)12-19/h1-6,11H,7-10H2. The van der Waals surface area contributed by atoms with Gasteiger partial charge in [0.1, 0.15) is 6.07 Å². The van der Waals surface area contributed by atoms with Gasteiger partial charge < -0.3 is 4.90 Å². The maximum atomic E-state index is 12.9. The summed E-state index contributed by atoms with van der Waals surface area (Å²) in [6, 6.07) is 12.2. The summed E-state index contributed by atoms with van der Waals surface area (Å²) in [5.74, 6) is 0. The van der Waals surface area contributed by atoms with Crippen molar-refractivity contribution in [1.82, 2.24) is 4.31 Å². The molecular weight excluding hydrogens is 392 g/mol. The summed E-state index contributed by atoms with van der Waals surface area (Å²) in [4.78, 5) is 12.2. The van der Waals surface area contributed by atoms with E-state index in [0.717, 1.165) is 0 Å². The molecule has 1 aliphatic rings. The maximum absolute atomic E-state index is 12.9. The van der Waals surface area contributed by atoms with Crippen LogP contribution in [0.3, 0.4) is 0 Å². The zero-order valence-corrected chi connectivity index (χ0v) is 15.7. The second-order valence-electron chi connectivity index (χ2n) is 5.89. The fraction of sp³-hybridized carbons (Fsp3) is 0.235. The molecule has 0 amide bonds. The topological polar surface area (TPSA) is 108 Å². The fourth-order valence-corrected chi connectivity index (χ4v) is 4.82. The number of hydrogen-bond donors (Lipinski definition) is 0. The number of hydrogen-bond acceptors (Lipinski definition) is 6. The molecule has 1 fully saturated rings. The van der Waals surface area contributed by atoms with Gasteiger partial charge in [0.2, 0.25) is 10.0 Å². The van der Waals surface area contributed by atoms with E-state index < -0.39 is 14.9 Å². The lowest BCUT2D eigenvalue weighted by molar-refractivity contribution is -0.384. The lowest BCUT2D eigenvalue weighted by atomic mass is 10.2. The number of sulfonamides is 1. The first-order chi connectivity index (χ1) is 12.8. The van der Waals surface area contributed by atoms with Crippen LogP contribution in [-0.2, 0) is 10.0 Å². The number of non-ortho nitro benzene ring substituents is 1. The minimum atomic E-state index is -3.78. The average molecular weight is 407 g/mol. The van der Waals surface area contributed by atoms with E-state index >= 15 is 0 Å². The van der Waals surface area contributed by atoms with Gasteiger partial charge in [0.05, 0.1) is 26.1 Å². The molecule has 2 aromatic rings. The quantitative estimate of drug-likeness (QED) is 0.570. The van der Waals surface area contributed by atoms with Gasteiger partial charge in [-0.05, 0) is 18.2 Å². The van der Waals surface area contributed by atoms with Gasteiger partial charge in [0.15, 0.2) is 0 Å². The number of anilines is 1. The summed E-state index contributed by atoms with van der Waals surface area (Å²) in [5, 5.41) is 20.2. The van der Waals surface area contributed by atoms with Crippen LogP contribution >= 0.6 is 11.6 Å². The smallest absolute Gasteiger partial charge is 0.271 e. The van der Waals surface area contributed by atoms with Crippen molar-refractivity contribution < 1.29 is 13.3 Å². The Morgan fingerprint density at radius 1 is 1.11 bits per heavy atom. The third-order valence-electron chi connectivity index (χ3n) is 4.35. The van der Waals surface area contributed by atoms with Crippen molar-refractivity contribution in [1.29, 1.82) is 5.26 Å². The van der Waals surface area contributed by atoms with E-state index in [1.54, 1.807) is 18.2 Å². The van der Waals surface area contributed by atoms with Crippen LogP contribution in [-0.4, -0.2) is 43.8 Å². The normalized spacial score (nSPS) is 15.3. The number of nitrogens with zero attached hydrogens (tertiary/aromatic N) is 4. The van der Waals surface area contributed by atoms with Crippen molar-refractivity contribution in [3.63, 3.8) is 0 Å². The number of nitriles is 1. The molecule has 0 saturated carbocycles. The highest BCUT2D eigenvalue weighted by Crippen LogP contribution is 2.31. The monoisotopic (exact) mass is 406 g/mol. The summed E-state index contributed by atoms with van der Waals surface area (Å²) in [6.45, 7) is 1.20. The summed E-state index contributed by atoms with van der Waals surface area (Å²) in [5.41, 5.74) is 0.633. The highest BCUT2D eigenvalue weighted by atomic mass is 35.5. The number of nitro benzene ring substituents is 1. The Morgan fingerprint density at radius 2 is 1.78 bits per heavy atom. The zero-order valence-electron chi connectivity index (χ0n) is 14.1. The Kier molecular flexibility index (Phi) is 5.32. The molecule has 1 saturated heterocycles. The van der Waals surface area contributed by atoms with E-state index in [9.17, 15) is 18.5 Å². The molecule has 1 heterocycles. The van der Waals surface area contributed by atoms with Gasteiger partial charge in [0.25, 0.3) is 5.69 Å². The summed E-state index contributed by atoms with van der Waals surface area (Å²) in [6.07, 6.45) is 0. The number of rotatable bonds is 4. The van der Waals surface area contributed by atoms with Crippen molar-refractivity contribution in [3.8, 4) is 6.07 Å². The number of piperazine rings is 1. The predicted octanol–water partition coefficient (Wildman–Crippen LogP) is 2.63. The van der Waals surface area contributed by atoms with E-state index in [4.69, 9.17) is 16.9 Å². The maximum Gasteiger partial charge on any atom is 0.271 e. The van der Waals surface area contributed by atoms with E-state index in [2.05, 4.69) is 0 Å². The number of benzene rings is 2. The van der Waals surface area contributed by atoms with E-state index in [1.165, 1.54) is 28.6 Å². The molecule has 0 N–H and O–H groups in total. The number of nitro groups is 1. The molecule has 3 rings (SSSR count). The molecule has 0 atom stereocenters. The molecule has 1 aliphatic heterocycles. The summed E-state index contributed by atoms with van der Waals surface area (Å²) < 4.78 is 27.0. The highest BCUT2D eigenvalue weighted by Gasteiger charge is 2.30. The average Bonchev–Trinajstić information content (AvgIpc) is 2.68. The van der Waals surface area contributed by atoms with Crippen LogP contribution in [0.5, 0.6) is 0 Å². The van der Waals surface area contributed by atoms with Crippen molar-refractivity contribution in [2.24, 2.45) is 0 Å². The molecule has 0 radical (unpaired) electrons. The van der Waals surface area contributed by atoms with Gasteiger partial charge in [0, 0.05) is 38.3 Å². The highest BCUT2D eigenvalue weighted by molar-refractivity contribution is 7.89. The lowest BCUT2D eigenvalue weighted by Gasteiger charge is -2.35. The molecule has 10 heteroatoms. The van der Waals surface area contributed by atoms with Crippen LogP contribution in [0.25, 0.3) is 0 Å². The third kappa shape index (κ3) is 3.73. The largest absolute Gasteiger partial charge is 0.368 e. The molecule has 140 valence electrons. The van der Waals surface area contributed by atoms with Crippen LogP contribution in [0.2, 0.25) is 5.02 Å². The van der Waals surface area contributed by atoms with Crippen LogP contribution in [0.15, 0.2) is 47.4 Å². The van der Waals surface area contributed by atoms with E-state index in [0.29, 0.717) is 18.8 Å².